The summed E-state index contributed by atoms with van der Waals surface area (Å²) < 4.78 is 0. The van der Waals surface area contributed by atoms with E-state index in [1.165, 1.54) is 25.7 Å². The minimum absolute atomic E-state index is 1.32. The zero-order valence-corrected chi connectivity index (χ0v) is 18.6. The van der Waals surface area contributed by atoms with Crippen LogP contribution in [0, 0.1) is 0 Å². The molecular formula is C8H29O9P3S3. The van der Waals surface area contributed by atoms with Crippen LogP contribution >= 0.6 is 20.2 Å². The second-order valence-electron chi connectivity index (χ2n) is 3.54. The first kappa shape index (κ1) is 35.7. The van der Waals surface area contributed by atoms with Crippen LogP contribution in [0.4, 0.5) is 0 Å². The van der Waals surface area contributed by atoms with Crippen molar-refractivity contribution in [1.82, 2.24) is 0 Å². The van der Waals surface area contributed by atoms with Crippen LogP contribution < -0.4 is 0 Å². The molecule has 0 radical (unpaired) electrons. The summed E-state index contributed by atoms with van der Waals surface area (Å²) in [7, 11) is 0. The van der Waals surface area contributed by atoms with Gasteiger partial charge in [0.25, 0.3) is 0 Å². The van der Waals surface area contributed by atoms with Crippen molar-refractivity contribution >= 4 is 55.6 Å². The van der Waals surface area contributed by atoms with Gasteiger partial charge >= 0.3 is 20.2 Å². The Kier molecular flexibility index (Phi) is 33.5. The Labute approximate surface area is 153 Å². The van der Waals surface area contributed by atoms with Gasteiger partial charge in [0, 0.05) is 0 Å². The van der Waals surface area contributed by atoms with Crippen LogP contribution in [0.15, 0.2) is 0 Å². The molecule has 0 aliphatic heterocycles. The van der Waals surface area contributed by atoms with E-state index < -0.39 is 20.2 Å². The normalized spacial score (nSPS) is 10.3. The summed E-state index contributed by atoms with van der Waals surface area (Å²) in [4.78, 5) is 68.0. The van der Waals surface area contributed by atoms with Crippen molar-refractivity contribution in [3.8, 4) is 0 Å². The summed E-state index contributed by atoms with van der Waals surface area (Å²) in [6.45, 7) is -2.69. The minimum Gasteiger partial charge on any atom is -0.325 e. The molecule has 148 valence electrons. The Balaban J connectivity index is -0.0000000589. The summed E-state index contributed by atoms with van der Waals surface area (Å²) in [5.41, 5.74) is 0. The van der Waals surface area contributed by atoms with Gasteiger partial charge in [-0.1, -0.05) is 53.4 Å². The molecule has 0 aliphatic rings. The summed E-state index contributed by atoms with van der Waals surface area (Å²) in [5, 5.41) is 0. The average Bonchev–Trinajstić information content (AvgIpc) is 2.22. The van der Waals surface area contributed by atoms with Crippen LogP contribution in [0.25, 0.3) is 0 Å². The van der Waals surface area contributed by atoms with E-state index in [0.717, 1.165) is 0 Å². The van der Waals surface area contributed by atoms with Crippen LogP contribution in [0.1, 0.15) is 53.4 Å². The molecule has 0 aliphatic carbocycles. The molecule has 0 saturated heterocycles. The number of rotatable bonds is 2. The van der Waals surface area contributed by atoms with Gasteiger partial charge in [-0.25, -0.2) is 0 Å². The summed E-state index contributed by atoms with van der Waals surface area (Å²) in [6.07, 6.45) is 5.28. The van der Waals surface area contributed by atoms with Gasteiger partial charge in [-0.15, -0.1) is 0 Å². The van der Waals surface area contributed by atoms with E-state index in [-0.39, 0.29) is 0 Å². The maximum absolute atomic E-state index is 7.56. The lowest BCUT2D eigenvalue weighted by Crippen LogP contribution is -1.65. The zero-order valence-electron chi connectivity index (χ0n) is 13.4. The van der Waals surface area contributed by atoms with Crippen LogP contribution in [0.3, 0.4) is 0 Å². The van der Waals surface area contributed by atoms with Gasteiger partial charge in [0.15, 0.2) is 0 Å². The predicted molar refractivity (Wildman–Crippen MR) is 104 cm³/mol. The molecule has 0 saturated carbocycles. The largest absolute Gasteiger partial charge is 0.325 e. The Morgan fingerprint density at radius 3 is 0.478 bits per heavy atom. The topological polar surface area (TPSA) is 182 Å². The highest BCUT2D eigenvalue weighted by Gasteiger charge is 1.93. The van der Waals surface area contributed by atoms with Crippen molar-refractivity contribution in [3.63, 3.8) is 0 Å². The molecule has 0 bridgehead atoms. The van der Waals surface area contributed by atoms with Gasteiger partial charge in [-0.3, -0.25) is 0 Å². The number of hydrogen-bond donors (Lipinski definition) is 9. The van der Waals surface area contributed by atoms with E-state index in [2.05, 4.69) is 63.1 Å². The first-order valence-electron chi connectivity index (χ1n) is 6.18. The molecule has 0 aromatic carbocycles. The first-order chi connectivity index (χ1) is 9.83. The number of unbranched alkanes of at least 4 members (excludes halogenated alkanes) is 2. The van der Waals surface area contributed by atoms with Gasteiger partial charge < -0.3 is 44.0 Å². The van der Waals surface area contributed by atoms with Crippen molar-refractivity contribution in [1.29, 1.82) is 0 Å². The Bertz CT molecular complexity index is 272. The van der Waals surface area contributed by atoms with Gasteiger partial charge in [-0.05, 0) is 35.4 Å². The number of hydrogen-bond acceptors (Lipinski definition) is 3. The molecule has 23 heavy (non-hydrogen) atoms. The molecule has 0 aromatic heterocycles. The third kappa shape index (κ3) is 853. The monoisotopic (exact) mass is 458 g/mol. The molecular weight excluding hydrogens is 429 g/mol. The maximum Gasteiger partial charge on any atom is 0.319 e. The van der Waals surface area contributed by atoms with Gasteiger partial charge in [-0.2, -0.15) is 0 Å². The molecule has 0 unspecified atom stereocenters. The first-order valence-corrected chi connectivity index (χ1v) is 14.2. The van der Waals surface area contributed by atoms with Crippen LogP contribution in [0.5, 0.6) is 0 Å². The lowest BCUT2D eigenvalue weighted by Gasteiger charge is -1.88. The van der Waals surface area contributed by atoms with Gasteiger partial charge in [0.05, 0.1) is 0 Å². The molecule has 0 atom stereocenters. The van der Waals surface area contributed by atoms with E-state index in [1.807, 2.05) is 0 Å². The lowest BCUT2D eigenvalue weighted by molar-refractivity contribution is 0.361. The predicted octanol–water partition coefficient (Wildman–Crippen LogP) is 1.18. The second kappa shape index (κ2) is 21.6. The standard InChI is InChI=1S/2C4H10.3H3O3PS/c2*1-3-4-2;3*1-4(2,3)5/h2*3-4H2,1-2H3;3*(H3,1,2,3,5). The van der Waals surface area contributed by atoms with Crippen molar-refractivity contribution in [3.05, 3.63) is 0 Å². The third-order valence-electron chi connectivity index (χ3n) is 1.000. The smallest absolute Gasteiger partial charge is 0.319 e. The average molecular weight is 458 g/mol. The third-order valence-corrected chi connectivity index (χ3v) is 1.000. The van der Waals surface area contributed by atoms with Crippen LogP contribution in [-0.2, 0) is 35.4 Å². The van der Waals surface area contributed by atoms with E-state index in [4.69, 9.17) is 44.0 Å². The maximum atomic E-state index is 7.56. The molecule has 0 amide bonds. The highest BCUT2D eigenvalue weighted by molar-refractivity contribution is 8.06. The van der Waals surface area contributed by atoms with E-state index in [1.54, 1.807) is 0 Å². The van der Waals surface area contributed by atoms with E-state index >= 15 is 0 Å². The van der Waals surface area contributed by atoms with Crippen molar-refractivity contribution in [2.24, 2.45) is 0 Å². The van der Waals surface area contributed by atoms with Gasteiger partial charge in [0.1, 0.15) is 0 Å². The van der Waals surface area contributed by atoms with E-state index in [0.29, 0.717) is 0 Å². The Morgan fingerprint density at radius 1 is 0.435 bits per heavy atom. The molecule has 9 nitrogen and oxygen atoms in total. The Morgan fingerprint density at radius 2 is 0.478 bits per heavy atom. The molecule has 0 rings (SSSR count). The summed E-state index contributed by atoms with van der Waals surface area (Å²) in [6, 6.07) is 0. The van der Waals surface area contributed by atoms with E-state index in [9.17, 15) is 0 Å². The molecule has 0 aromatic rings. The summed E-state index contributed by atoms with van der Waals surface area (Å²) in [5.74, 6) is 0. The van der Waals surface area contributed by atoms with Crippen molar-refractivity contribution < 1.29 is 44.0 Å². The fourth-order valence-electron chi connectivity index (χ4n) is 0. The quantitative estimate of drug-likeness (QED) is 0.270. The molecule has 9 N–H and O–H groups in total. The fourth-order valence-corrected chi connectivity index (χ4v) is 0. The SMILES string of the molecule is CCCC.CCCC.OP(O)(O)=S.OP(O)(O)=S.OP(O)(O)=S. The Hall–Kier alpha value is 1.59. The van der Waals surface area contributed by atoms with Crippen molar-refractivity contribution in [2.45, 2.75) is 53.4 Å². The van der Waals surface area contributed by atoms with Gasteiger partial charge in [0.2, 0.25) is 0 Å². The van der Waals surface area contributed by atoms with Crippen molar-refractivity contribution in [2.75, 3.05) is 0 Å². The summed E-state index contributed by atoms with van der Waals surface area (Å²) >= 11 is 10.8. The molecule has 0 spiro atoms. The zero-order chi connectivity index (χ0) is 20.3. The molecule has 15 heteroatoms. The van der Waals surface area contributed by atoms with Crippen LogP contribution in [0.2, 0.25) is 0 Å². The van der Waals surface area contributed by atoms with Crippen LogP contribution in [-0.4, -0.2) is 44.0 Å². The molecule has 0 heterocycles. The fraction of sp³-hybridized carbons (Fsp3) is 1.00. The molecule has 0 fully saturated rings. The second-order valence-corrected chi connectivity index (χ2v) is 11.0. The lowest BCUT2D eigenvalue weighted by atomic mass is 10.4. The highest BCUT2D eigenvalue weighted by atomic mass is 32.5. The minimum atomic E-state index is -3.81. The highest BCUT2D eigenvalue weighted by Crippen LogP contribution is 2.27.